The van der Waals surface area contributed by atoms with Gasteiger partial charge in [-0.1, -0.05) is 11.6 Å². The smallest absolute Gasteiger partial charge is 0.133 e. The Bertz CT molecular complexity index is 291. The third-order valence-corrected chi connectivity index (χ3v) is 2.80. The molecule has 0 aromatic heterocycles. The quantitative estimate of drug-likeness (QED) is 0.875. The Labute approximate surface area is 84.8 Å². The van der Waals surface area contributed by atoms with Crippen LogP contribution in [0.15, 0.2) is 16.6 Å². The van der Waals surface area contributed by atoms with Crippen LogP contribution in [0.2, 0.25) is 5.02 Å². The van der Waals surface area contributed by atoms with E-state index >= 15 is 0 Å². The van der Waals surface area contributed by atoms with Crippen molar-refractivity contribution in [1.82, 2.24) is 0 Å². The fourth-order valence-electron chi connectivity index (χ4n) is 0.921. The lowest BCUT2D eigenvalue weighted by Crippen LogP contribution is -1.99. The van der Waals surface area contributed by atoms with Gasteiger partial charge in [0.1, 0.15) is 5.75 Å². The molecule has 0 bridgehead atoms. The highest BCUT2D eigenvalue weighted by atomic mass is 79.9. The van der Waals surface area contributed by atoms with Crippen molar-refractivity contribution in [3.8, 4) is 5.75 Å². The van der Waals surface area contributed by atoms with Gasteiger partial charge in [-0.3, -0.25) is 0 Å². The van der Waals surface area contributed by atoms with Gasteiger partial charge >= 0.3 is 0 Å². The molecule has 0 radical (unpaired) electrons. The van der Waals surface area contributed by atoms with Crippen molar-refractivity contribution in [2.45, 2.75) is 6.54 Å². The van der Waals surface area contributed by atoms with Crippen LogP contribution in [0.3, 0.4) is 0 Å². The summed E-state index contributed by atoms with van der Waals surface area (Å²) < 4.78 is 5.91. The van der Waals surface area contributed by atoms with Crippen LogP contribution in [0.1, 0.15) is 5.56 Å². The number of hydrogen-bond donors (Lipinski definition) is 1. The van der Waals surface area contributed by atoms with Crippen molar-refractivity contribution >= 4 is 27.5 Å². The molecule has 0 heterocycles. The van der Waals surface area contributed by atoms with Crippen molar-refractivity contribution in [1.29, 1.82) is 0 Å². The number of methoxy groups -OCH3 is 1. The standard InChI is InChI=1S/C8H9BrClNO/c1-12-7-3-2-6(10)5(4-11)8(7)9/h2-3H,4,11H2,1H3. The van der Waals surface area contributed by atoms with Gasteiger partial charge < -0.3 is 10.5 Å². The first-order valence-corrected chi connectivity index (χ1v) is 4.58. The Morgan fingerprint density at radius 1 is 1.58 bits per heavy atom. The van der Waals surface area contributed by atoms with E-state index in [2.05, 4.69) is 15.9 Å². The van der Waals surface area contributed by atoms with Crippen molar-refractivity contribution in [3.05, 3.63) is 27.2 Å². The average Bonchev–Trinajstić information content (AvgIpc) is 2.06. The average molecular weight is 251 g/mol. The van der Waals surface area contributed by atoms with Crippen LogP contribution < -0.4 is 10.5 Å². The predicted molar refractivity (Wildman–Crippen MR) is 53.6 cm³/mol. The van der Waals surface area contributed by atoms with Crippen molar-refractivity contribution in [3.63, 3.8) is 0 Å². The molecule has 0 amide bonds. The van der Waals surface area contributed by atoms with Crippen LogP contribution in [-0.2, 0) is 6.54 Å². The number of halogens is 2. The maximum atomic E-state index is 5.89. The zero-order valence-corrected chi connectivity index (χ0v) is 8.95. The lowest BCUT2D eigenvalue weighted by molar-refractivity contribution is 0.411. The van der Waals surface area contributed by atoms with Crippen LogP contribution in [0.4, 0.5) is 0 Å². The summed E-state index contributed by atoms with van der Waals surface area (Å²) in [6.07, 6.45) is 0. The minimum atomic E-state index is 0.399. The van der Waals surface area contributed by atoms with Gasteiger partial charge in [-0.05, 0) is 28.1 Å². The molecule has 4 heteroatoms. The molecule has 66 valence electrons. The summed E-state index contributed by atoms with van der Waals surface area (Å²) in [7, 11) is 1.61. The second-order valence-corrected chi connectivity index (χ2v) is 3.45. The molecule has 0 saturated carbocycles. The van der Waals surface area contributed by atoms with E-state index in [1.807, 2.05) is 0 Å². The normalized spacial score (nSPS) is 10.0. The van der Waals surface area contributed by atoms with Crippen LogP contribution >= 0.6 is 27.5 Å². The number of nitrogens with two attached hydrogens (primary N) is 1. The third kappa shape index (κ3) is 1.73. The number of hydrogen-bond acceptors (Lipinski definition) is 2. The first-order chi connectivity index (χ1) is 5.70. The molecule has 1 rings (SSSR count). The lowest BCUT2D eigenvalue weighted by atomic mass is 10.2. The van der Waals surface area contributed by atoms with Gasteiger partial charge in [0.25, 0.3) is 0 Å². The molecule has 0 unspecified atom stereocenters. The molecule has 1 aromatic carbocycles. The topological polar surface area (TPSA) is 35.2 Å². The Kier molecular flexibility index (Phi) is 3.38. The maximum absolute atomic E-state index is 5.89. The summed E-state index contributed by atoms with van der Waals surface area (Å²) in [6, 6.07) is 3.57. The van der Waals surface area contributed by atoms with Crippen molar-refractivity contribution < 1.29 is 4.74 Å². The van der Waals surface area contributed by atoms with Gasteiger partial charge in [-0.15, -0.1) is 0 Å². The van der Waals surface area contributed by atoms with Gasteiger partial charge in [-0.2, -0.15) is 0 Å². The molecule has 0 aliphatic heterocycles. The summed E-state index contributed by atoms with van der Waals surface area (Å²) in [5.41, 5.74) is 6.38. The molecular formula is C8H9BrClNO. The molecule has 0 aliphatic carbocycles. The van der Waals surface area contributed by atoms with Gasteiger partial charge in [0.05, 0.1) is 11.6 Å². The highest BCUT2D eigenvalue weighted by Crippen LogP contribution is 2.32. The van der Waals surface area contributed by atoms with E-state index < -0.39 is 0 Å². The molecule has 0 spiro atoms. The minimum absolute atomic E-state index is 0.399. The van der Waals surface area contributed by atoms with E-state index in [0.29, 0.717) is 11.6 Å². The van der Waals surface area contributed by atoms with Crippen LogP contribution in [-0.4, -0.2) is 7.11 Å². The molecule has 2 N–H and O–H groups in total. The maximum Gasteiger partial charge on any atom is 0.133 e. The van der Waals surface area contributed by atoms with Crippen LogP contribution in [0.5, 0.6) is 5.75 Å². The van der Waals surface area contributed by atoms with E-state index in [1.165, 1.54) is 0 Å². The molecular weight excluding hydrogens is 241 g/mol. The Hall–Kier alpha value is -0.250. The second-order valence-electron chi connectivity index (χ2n) is 2.25. The highest BCUT2D eigenvalue weighted by Gasteiger charge is 2.08. The Morgan fingerprint density at radius 2 is 2.25 bits per heavy atom. The molecule has 0 atom stereocenters. The first-order valence-electron chi connectivity index (χ1n) is 3.41. The van der Waals surface area contributed by atoms with E-state index in [9.17, 15) is 0 Å². The zero-order chi connectivity index (χ0) is 9.14. The Morgan fingerprint density at radius 3 is 2.75 bits per heavy atom. The third-order valence-electron chi connectivity index (χ3n) is 1.57. The van der Waals surface area contributed by atoms with E-state index in [1.54, 1.807) is 19.2 Å². The van der Waals surface area contributed by atoms with Gasteiger partial charge in [0.2, 0.25) is 0 Å². The molecule has 1 aromatic rings. The van der Waals surface area contributed by atoms with Gasteiger partial charge in [0.15, 0.2) is 0 Å². The molecule has 0 aliphatic rings. The number of rotatable bonds is 2. The lowest BCUT2D eigenvalue weighted by Gasteiger charge is -2.08. The molecule has 2 nitrogen and oxygen atoms in total. The van der Waals surface area contributed by atoms with E-state index in [4.69, 9.17) is 22.1 Å². The number of ether oxygens (including phenoxy) is 1. The van der Waals surface area contributed by atoms with E-state index in [0.717, 1.165) is 15.8 Å². The Balaban J connectivity index is 3.24. The summed E-state index contributed by atoms with van der Waals surface area (Å²) in [5, 5.41) is 0.658. The predicted octanol–water partition coefficient (Wildman–Crippen LogP) is 2.57. The SMILES string of the molecule is COc1ccc(Cl)c(CN)c1Br. The summed E-state index contributed by atoms with van der Waals surface area (Å²) in [6.45, 7) is 0.399. The summed E-state index contributed by atoms with van der Waals surface area (Å²) in [4.78, 5) is 0. The fraction of sp³-hybridized carbons (Fsp3) is 0.250. The zero-order valence-electron chi connectivity index (χ0n) is 6.60. The molecule has 0 fully saturated rings. The number of benzene rings is 1. The first kappa shape index (κ1) is 9.84. The van der Waals surface area contributed by atoms with Crippen molar-refractivity contribution in [2.24, 2.45) is 5.73 Å². The summed E-state index contributed by atoms with van der Waals surface area (Å²) in [5.74, 6) is 0.750. The van der Waals surface area contributed by atoms with Crippen LogP contribution in [0, 0.1) is 0 Å². The fourth-order valence-corrected chi connectivity index (χ4v) is 1.94. The monoisotopic (exact) mass is 249 g/mol. The largest absolute Gasteiger partial charge is 0.496 e. The second kappa shape index (κ2) is 4.12. The highest BCUT2D eigenvalue weighted by molar-refractivity contribution is 9.10. The van der Waals surface area contributed by atoms with Crippen LogP contribution in [0.25, 0.3) is 0 Å². The van der Waals surface area contributed by atoms with Crippen molar-refractivity contribution in [2.75, 3.05) is 7.11 Å². The summed E-state index contributed by atoms with van der Waals surface area (Å²) >= 11 is 9.26. The molecule has 12 heavy (non-hydrogen) atoms. The minimum Gasteiger partial charge on any atom is -0.496 e. The van der Waals surface area contributed by atoms with Gasteiger partial charge in [0, 0.05) is 17.1 Å². The van der Waals surface area contributed by atoms with Gasteiger partial charge in [-0.25, -0.2) is 0 Å². The molecule has 0 saturated heterocycles. The van der Waals surface area contributed by atoms with E-state index in [-0.39, 0.29) is 0 Å².